The Balaban J connectivity index is 1.73. The Morgan fingerprint density at radius 3 is 2.74 bits per heavy atom. The van der Waals surface area contributed by atoms with Crippen LogP contribution in [-0.2, 0) is 6.42 Å². The average Bonchev–Trinajstić information content (AvgIpc) is 2.59. The van der Waals surface area contributed by atoms with Gasteiger partial charge in [-0.1, -0.05) is 54.1 Å². The lowest BCUT2D eigenvalue weighted by Gasteiger charge is -2.18. The minimum Gasteiger partial charge on any atom is -0.341 e. The number of rotatable bonds is 4. The summed E-state index contributed by atoms with van der Waals surface area (Å²) in [5.41, 5.74) is 1.81. The van der Waals surface area contributed by atoms with Crippen LogP contribution in [0.4, 0.5) is 0 Å². The van der Waals surface area contributed by atoms with E-state index in [1.54, 1.807) is 23.2 Å². The molecule has 4 heteroatoms. The van der Waals surface area contributed by atoms with Crippen molar-refractivity contribution in [1.29, 1.82) is 0 Å². The van der Waals surface area contributed by atoms with Crippen molar-refractivity contribution in [2.24, 2.45) is 0 Å². The van der Waals surface area contributed by atoms with Crippen molar-refractivity contribution >= 4 is 28.3 Å². The molecular weight excluding hydrogens is 308 g/mol. The number of pyridine rings is 1. The predicted octanol–water partition coefficient (Wildman–Crippen LogP) is 4.20. The number of hydrogen-bond acceptors (Lipinski definition) is 2. The molecule has 116 valence electrons. The molecule has 0 saturated heterocycles. The van der Waals surface area contributed by atoms with E-state index in [0.717, 1.165) is 6.42 Å². The van der Waals surface area contributed by atoms with E-state index in [1.165, 1.54) is 16.3 Å². The van der Waals surface area contributed by atoms with Gasteiger partial charge in [0.25, 0.3) is 5.91 Å². The topological polar surface area (TPSA) is 33.2 Å². The number of aromatic nitrogens is 1. The molecule has 0 aliphatic carbocycles. The molecule has 3 rings (SSSR count). The van der Waals surface area contributed by atoms with Crippen molar-refractivity contribution < 1.29 is 4.79 Å². The van der Waals surface area contributed by atoms with Crippen molar-refractivity contribution in [3.63, 3.8) is 0 Å². The second kappa shape index (κ2) is 6.80. The zero-order chi connectivity index (χ0) is 16.2. The lowest BCUT2D eigenvalue weighted by atomic mass is 10.0. The summed E-state index contributed by atoms with van der Waals surface area (Å²) in [4.78, 5) is 18.0. The Labute approximate surface area is 140 Å². The van der Waals surface area contributed by atoms with Gasteiger partial charge in [0.1, 0.15) is 5.15 Å². The molecule has 0 spiro atoms. The Morgan fingerprint density at radius 1 is 1.13 bits per heavy atom. The largest absolute Gasteiger partial charge is 0.341 e. The Bertz CT molecular complexity index is 842. The third kappa shape index (κ3) is 3.51. The maximum atomic E-state index is 12.4. The summed E-state index contributed by atoms with van der Waals surface area (Å²) in [5.74, 6) is -0.0467. The highest BCUT2D eigenvalue weighted by Gasteiger charge is 2.12. The van der Waals surface area contributed by atoms with Gasteiger partial charge in [0, 0.05) is 25.4 Å². The highest BCUT2D eigenvalue weighted by molar-refractivity contribution is 6.29. The fourth-order valence-corrected chi connectivity index (χ4v) is 2.83. The van der Waals surface area contributed by atoms with Gasteiger partial charge in [-0.2, -0.15) is 0 Å². The molecule has 0 saturated carbocycles. The average molecular weight is 325 g/mol. The molecule has 0 unspecified atom stereocenters. The van der Waals surface area contributed by atoms with Gasteiger partial charge in [-0.05, 0) is 34.9 Å². The van der Waals surface area contributed by atoms with Crippen molar-refractivity contribution in [3.05, 3.63) is 77.1 Å². The highest BCUT2D eigenvalue weighted by atomic mass is 35.5. The van der Waals surface area contributed by atoms with Crippen molar-refractivity contribution in [1.82, 2.24) is 9.88 Å². The monoisotopic (exact) mass is 324 g/mol. The Morgan fingerprint density at radius 2 is 1.91 bits per heavy atom. The van der Waals surface area contributed by atoms with Crippen LogP contribution in [0.25, 0.3) is 10.8 Å². The summed E-state index contributed by atoms with van der Waals surface area (Å²) in [6.45, 7) is 0.646. The molecule has 1 heterocycles. The number of halogens is 1. The van der Waals surface area contributed by atoms with Crippen LogP contribution < -0.4 is 0 Å². The van der Waals surface area contributed by atoms with Crippen LogP contribution >= 0.6 is 11.6 Å². The van der Waals surface area contributed by atoms with Gasteiger partial charge in [0.2, 0.25) is 0 Å². The maximum Gasteiger partial charge on any atom is 0.253 e. The minimum atomic E-state index is -0.0467. The van der Waals surface area contributed by atoms with E-state index in [0.29, 0.717) is 17.3 Å². The number of amides is 1. The first-order valence-electron chi connectivity index (χ1n) is 7.49. The number of fused-ring (bicyclic) bond motifs is 1. The smallest absolute Gasteiger partial charge is 0.253 e. The Kier molecular flexibility index (Phi) is 4.58. The number of nitrogens with zero attached hydrogens (tertiary/aromatic N) is 2. The minimum absolute atomic E-state index is 0.0467. The van der Waals surface area contributed by atoms with Gasteiger partial charge < -0.3 is 4.90 Å². The summed E-state index contributed by atoms with van der Waals surface area (Å²) in [6, 6.07) is 17.9. The van der Waals surface area contributed by atoms with E-state index in [4.69, 9.17) is 11.6 Å². The lowest BCUT2D eigenvalue weighted by molar-refractivity contribution is 0.0796. The molecule has 0 atom stereocenters. The van der Waals surface area contributed by atoms with Gasteiger partial charge in [-0.3, -0.25) is 4.79 Å². The van der Waals surface area contributed by atoms with Crippen LogP contribution in [0, 0.1) is 0 Å². The highest BCUT2D eigenvalue weighted by Crippen LogP contribution is 2.19. The van der Waals surface area contributed by atoms with E-state index in [9.17, 15) is 4.79 Å². The first-order valence-corrected chi connectivity index (χ1v) is 7.86. The third-order valence-corrected chi connectivity index (χ3v) is 4.12. The van der Waals surface area contributed by atoms with Crippen LogP contribution in [0.5, 0.6) is 0 Å². The summed E-state index contributed by atoms with van der Waals surface area (Å²) < 4.78 is 0. The van der Waals surface area contributed by atoms with Crippen molar-refractivity contribution in [3.8, 4) is 0 Å². The second-order valence-electron chi connectivity index (χ2n) is 5.48. The van der Waals surface area contributed by atoms with E-state index in [2.05, 4.69) is 35.3 Å². The summed E-state index contributed by atoms with van der Waals surface area (Å²) in [7, 11) is 1.81. The van der Waals surface area contributed by atoms with E-state index in [-0.39, 0.29) is 5.91 Å². The zero-order valence-corrected chi connectivity index (χ0v) is 13.6. The molecule has 23 heavy (non-hydrogen) atoms. The molecule has 0 radical (unpaired) electrons. The number of likely N-dealkylation sites (N-methyl/N-ethyl adjacent to an activating group) is 1. The van der Waals surface area contributed by atoms with E-state index in [1.807, 2.05) is 19.2 Å². The molecular formula is C19H17ClN2O. The van der Waals surface area contributed by atoms with E-state index < -0.39 is 0 Å². The van der Waals surface area contributed by atoms with Gasteiger partial charge >= 0.3 is 0 Å². The second-order valence-corrected chi connectivity index (χ2v) is 5.87. The molecule has 0 aliphatic heterocycles. The SMILES string of the molecule is CN(CCc1cccc2ccccc12)C(=O)c1ccnc(Cl)c1. The predicted molar refractivity (Wildman–Crippen MR) is 93.9 cm³/mol. The van der Waals surface area contributed by atoms with Crippen LogP contribution in [0.3, 0.4) is 0 Å². The molecule has 1 amide bonds. The van der Waals surface area contributed by atoms with Crippen LogP contribution in [0.2, 0.25) is 5.15 Å². The number of hydrogen-bond donors (Lipinski definition) is 0. The van der Waals surface area contributed by atoms with Crippen molar-refractivity contribution in [2.75, 3.05) is 13.6 Å². The molecule has 0 N–H and O–H groups in total. The number of benzene rings is 2. The standard InChI is InChI=1S/C19H17ClN2O/c1-22(19(23)16-9-11-21-18(20)13-16)12-10-15-7-4-6-14-5-2-3-8-17(14)15/h2-9,11,13H,10,12H2,1H3. The van der Waals surface area contributed by atoms with Gasteiger partial charge in [0.05, 0.1) is 0 Å². The van der Waals surface area contributed by atoms with Gasteiger partial charge in [-0.15, -0.1) is 0 Å². The van der Waals surface area contributed by atoms with Crippen LogP contribution in [0.1, 0.15) is 15.9 Å². The molecule has 1 aromatic heterocycles. The summed E-state index contributed by atoms with van der Waals surface area (Å²) >= 11 is 5.85. The van der Waals surface area contributed by atoms with Gasteiger partial charge in [-0.25, -0.2) is 4.98 Å². The maximum absolute atomic E-state index is 12.4. The lowest BCUT2D eigenvalue weighted by Crippen LogP contribution is -2.28. The first kappa shape index (κ1) is 15.5. The van der Waals surface area contributed by atoms with Crippen LogP contribution in [-0.4, -0.2) is 29.4 Å². The molecule has 3 aromatic rings. The molecule has 2 aromatic carbocycles. The number of carbonyl (C=O) groups excluding carboxylic acids is 1. The third-order valence-electron chi connectivity index (χ3n) is 3.92. The molecule has 0 bridgehead atoms. The zero-order valence-electron chi connectivity index (χ0n) is 12.9. The van der Waals surface area contributed by atoms with E-state index >= 15 is 0 Å². The first-order chi connectivity index (χ1) is 11.1. The molecule has 0 fully saturated rings. The van der Waals surface area contributed by atoms with Crippen LogP contribution in [0.15, 0.2) is 60.8 Å². The summed E-state index contributed by atoms with van der Waals surface area (Å²) in [5, 5.41) is 2.79. The Hall–Kier alpha value is -2.39. The van der Waals surface area contributed by atoms with Gasteiger partial charge in [0.15, 0.2) is 0 Å². The molecule has 0 aliphatic rings. The normalized spacial score (nSPS) is 10.7. The fourth-order valence-electron chi connectivity index (χ4n) is 2.66. The molecule has 3 nitrogen and oxygen atoms in total. The number of carbonyl (C=O) groups is 1. The fraction of sp³-hybridized carbons (Fsp3) is 0.158. The summed E-state index contributed by atoms with van der Waals surface area (Å²) in [6.07, 6.45) is 2.36. The quantitative estimate of drug-likeness (QED) is 0.674. The van der Waals surface area contributed by atoms with Crippen molar-refractivity contribution in [2.45, 2.75) is 6.42 Å².